The van der Waals surface area contributed by atoms with Gasteiger partial charge in [0.25, 0.3) is 0 Å². The Bertz CT molecular complexity index is 610. The van der Waals surface area contributed by atoms with Crippen LogP contribution in [0.15, 0.2) is 6.33 Å². The molecule has 2 unspecified atom stereocenters. The Morgan fingerprint density at radius 1 is 1.25 bits per heavy atom. The van der Waals surface area contributed by atoms with Crippen molar-refractivity contribution in [2.45, 2.75) is 51.7 Å². The van der Waals surface area contributed by atoms with E-state index in [1.165, 1.54) is 29.7 Å². The highest BCUT2D eigenvalue weighted by Gasteiger charge is 2.27. The highest BCUT2D eigenvalue weighted by Crippen LogP contribution is 2.35. The molecule has 2 atom stereocenters. The number of nitrogens with one attached hydrogen (secondary N) is 1. The maximum Gasteiger partial charge on any atom is 0.225 e. The molecule has 1 saturated carbocycles. The van der Waals surface area contributed by atoms with Gasteiger partial charge in [-0.1, -0.05) is 6.42 Å². The van der Waals surface area contributed by atoms with Gasteiger partial charge < -0.3 is 10.1 Å². The van der Waals surface area contributed by atoms with Gasteiger partial charge in [0.15, 0.2) is 0 Å². The fourth-order valence-corrected chi connectivity index (χ4v) is 3.94. The molecule has 20 heavy (non-hydrogen) atoms. The van der Waals surface area contributed by atoms with Gasteiger partial charge in [-0.3, -0.25) is 0 Å². The van der Waals surface area contributed by atoms with Gasteiger partial charge in [-0.15, -0.1) is 11.3 Å². The highest BCUT2D eigenvalue weighted by molar-refractivity contribution is 7.18. The Morgan fingerprint density at radius 2 is 2.05 bits per heavy atom. The lowest BCUT2D eigenvalue weighted by molar-refractivity contribution is 0.114. The average molecular weight is 291 g/mol. The first-order valence-corrected chi connectivity index (χ1v) is 8.07. The second-order valence-corrected chi connectivity index (χ2v) is 6.68. The van der Waals surface area contributed by atoms with Crippen molar-refractivity contribution in [3.63, 3.8) is 0 Å². The molecule has 2 heterocycles. The van der Waals surface area contributed by atoms with Crippen LogP contribution in [0.25, 0.3) is 10.2 Å². The molecule has 4 nitrogen and oxygen atoms in total. The smallest absolute Gasteiger partial charge is 0.225 e. The fourth-order valence-electron chi connectivity index (χ4n) is 2.95. The Morgan fingerprint density at radius 3 is 2.85 bits per heavy atom. The van der Waals surface area contributed by atoms with Gasteiger partial charge in [0.05, 0.1) is 5.39 Å². The maximum atomic E-state index is 6.26. The number of nitrogens with zero attached hydrogens (tertiary/aromatic N) is 2. The van der Waals surface area contributed by atoms with Crippen molar-refractivity contribution in [3.05, 3.63) is 16.8 Å². The van der Waals surface area contributed by atoms with Crippen LogP contribution in [0.3, 0.4) is 0 Å². The molecule has 0 aliphatic heterocycles. The molecule has 0 saturated heterocycles. The summed E-state index contributed by atoms with van der Waals surface area (Å²) in [5, 5.41) is 4.47. The van der Waals surface area contributed by atoms with Gasteiger partial charge >= 0.3 is 0 Å². The van der Waals surface area contributed by atoms with Crippen molar-refractivity contribution in [2.75, 3.05) is 7.05 Å². The zero-order chi connectivity index (χ0) is 14.1. The van der Waals surface area contributed by atoms with E-state index in [0.29, 0.717) is 6.04 Å². The first kappa shape index (κ1) is 13.8. The molecule has 1 aliphatic rings. The van der Waals surface area contributed by atoms with Crippen LogP contribution in [0, 0.1) is 13.8 Å². The van der Waals surface area contributed by atoms with Gasteiger partial charge in [-0.2, -0.15) is 0 Å². The minimum absolute atomic E-state index is 0.214. The van der Waals surface area contributed by atoms with Crippen molar-refractivity contribution in [2.24, 2.45) is 0 Å². The number of aromatic nitrogens is 2. The van der Waals surface area contributed by atoms with E-state index >= 15 is 0 Å². The monoisotopic (exact) mass is 291 g/mol. The third-order valence-electron chi connectivity index (χ3n) is 4.27. The van der Waals surface area contributed by atoms with Gasteiger partial charge in [0, 0.05) is 10.9 Å². The van der Waals surface area contributed by atoms with E-state index in [1.54, 1.807) is 17.7 Å². The molecule has 0 bridgehead atoms. The Kier molecular flexibility index (Phi) is 3.89. The van der Waals surface area contributed by atoms with Gasteiger partial charge in [0.1, 0.15) is 17.3 Å². The van der Waals surface area contributed by atoms with Crippen LogP contribution in [0.2, 0.25) is 0 Å². The molecule has 2 aromatic heterocycles. The number of aryl methyl sites for hydroxylation is 2. The number of hydrogen-bond acceptors (Lipinski definition) is 5. The molecule has 0 amide bonds. The summed E-state index contributed by atoms with van der Waals surface area (Å²) in [5.74, 6) is 0.754. The lowest BCUT2D eigenvalue weighted by atomic mass is 9.92. The molecular formula is C15H21N3OS. The molecular weight excluding hydrogens is 270 g/mol. The van der Waals surface area contributed by atoms with Gasteiger partial charge in [-0.25, -0.2) is 9.97 Å². The summed E-state index contributed by atoms with van der Waals surface area (Å²) in [7, 11) is 2.02. The van der Waals surface area contributed by atoms with E-state index in [9.17, 15) is 0 Å². The number of fused-ring (bicyclic) bond motifs is 1. The first-order chi connectivity index (χ1) is 9.70. The van der Waals surface area contributed by atoms with Gasteiger partial charge in [0.2, 0.25) is 5.88 Å². The predicted octanol–water partition coefficient (Wildman–Crippen LogP) is 3.22. The van der Waals surface area contributed by atoms with Crippen LogP contribution >= 0.6 is 11.3 Å². The van der Waals surface area contributed by atoms with E-state index in [-0.39, 0.29) is 6.10 Å². The van der Waals surface area contributed by atoms with E-state index in [1.807, 2.05) is 7.05 Å². The summed E-state index contributed by atoms with van der Waals surface area (Å²) in [5.41, 5.74) is 1.25. The van der Waals surface area contributed by atoms with Crippen LogP contribution < -0.4 is 10.1 Å². The largest absolute Gasteiger partial charge is 0.472 e. The molecule has 0 spiro atoms. The standard InChI is InChI=1S/C15H21N3OS/c1-9-10(2)20-15-13(9)14(17-8-18-15)19-12-7-5-4-6-11(12)16-3/h8,11-12,16H,4-7H2,1-3H3. The molecule has 1 aliphatic carbocycles. The second-order valence-electron chi connectivity index (χ2n) is 5.48. The summed E-state index contributed by atoms with van der Waals surface area (Å²) in [6.45, 7) is 4.25. The van der Waals surface area contributed by atoms with Crippen molar-refractivity contribution in [1.82, 2.24) is 15.3 Å². The van der Waals surface area contributed by atoms with Crippen molar-refractivity contribution in [3.8, 4) is 5.88 Å². The van der Waals surface area contributed by atoms with Crippen LogP contribution in [0.4, 0.5) is 0 Å². The highest BCUT2D eigenvalue weighted by atomic mass is 32.1. The maximum absolute atomic E-state index is 6.26. The van der Waals surface area contributed by atoms with Crippen LogP contribution in [0.1, 0.15) is 36.1 Å². The zero-order valence-electron chi connectivity index (χ0n) is 12.3. The first-order valence-electron chi connectivity index (χ1n) is 7.25. The lowest BCUT2D eigenvalue weighted by Gasteiger charge is -2.31. The minimum atomic E-state index is 0.214. The summed E-state index contributed by atoms with van der Waals surface area (Å²) >= 11 is 1.71. The van der Waals surface area contributed by atoms with Crippen LogP contribution in [-0.2, 0) is 0 Å². The van der Waals surface area contributed by atoms with Crippen molar-refractivity contribution in [1.29, 1.82) is 0 Å². The number of thiophene rings is 1. The van der Waals surface area contributed by atoms with E-state index in [0.717, 1.165) is 22.5 Å². The minimum Gasteiger partial charge on any atom is -0.472 e. The SMILES string of the molecule is CNC1CCCCC1Oc1ncnc2sc(C)c(C)c12. The molecule has 0 aromatic carbocycles. The Hall–Kier alpha value is -1.20. The molecule has 3 rings (SSSR count). The summed E-state index contributed by atoms with van der Waals surface area (Å²) in [6.07, 6.45) is 6.62. The molecule has 108 valence electrons. The number of likely N-dealkylation sites (N-methyl/N-ethyl adjacent to an activating group) is 1. The predicted molar refractivity (Wildman–Crippen MR) is 82.6 cm³/mol. The Labute approximate surface area is 123 Å². The van der Waals surface area contributed by atoms with Gasteiger partial charge in [-0.05, 0) is 45.7 Å². The van der Waals surface area contributed by atoms with Crippen LogP contribution in [-0.4, -0.2) is 29.2 Å². The number of hydrogen-bond donors (Lipinski definition) is 1. The Balaban J connectivity index is 1.94. The summed E-state index contributed by atoms with van der Waals surface area (Å²) < 4.78 is 6.26. The van der Waals surface area contributed by atoms with Crippen molar-refractivity contribution < 1.29 is 4.74 Å². The quantitative estimate of drug-likeness (QED) is 0.943. The van der Waals surface area contributed by atoms with Crippen LogP contribution in [0.5, 0.6) is 5.88 Å². The molecule has 0 radical (unpaired) electrons. The third-order valence-corrected chi connectivity index (χ3v) is 5.38. The summed E-state index contributed by atoms with van der Waals surface area (Å²) in [6, 6.07) is 0.425. The second kappa shape index (κ2) is 5.66. The van der Waals surface area contributed by atoms with E-state index in [4.69, 9.17) is 4.74 Å². The van der Waals surface area contributed by atoms with E-state index in [2.05, 4.69) is 29.1 Å². The summed E-state index contributed by atoms with van der Waals surface area (Å²) in [4.78, 5) is 11.1. The number of rotatable bonds is 3. The number of ether oxygens (including phenoxy) is 1. The zero-order valence-corrected chi connectivity index (χ0v) is 13.1. The molecule has 1 fully saturated rings. The van der Waals surface area contributed by atoms with E-state index < -0.39 is 0 Å². The molecule has 2 aromatic rings. The third kappa shape index (κ3) is 2.40. The molecule has 5 heteroatoms. The topological polar surface area (TPSA) is 47.0 Å². The fraction of sp³-hybridized carbons (Fsp3) is 0.600. The average Bonchev–Trinajstić information content (AvgIpc) is 2.76. The lowest BCUT2D eigenvalue weighted by Crippen LogP contribution is -2.43. The normalized spacial score (nSPS) is 23.1. The van der Waals surface area contributed by atoms with Crippen molar-refractivity contribution >= 4 is 21.6 Å². The molecule has 1 N–H and O–H groups in total.